The van der Waals surface area contributed by atoms with Crippen molar-refractivity contribution in [1.29, 1.82) is 0 Å². The number of fused-ring (bicyclic) bond motifs is 1. The molecule has 120 valence electrons. The van der Waals surface area contributed by atoms with Crippen LogP contribution in [0, 0.1) is 0 Å². The van der Waals surface area contributed by atoms with Gasteiger partial charge >= 0.3 is 0 Å². The number of hydrogen-bond acceptors (Lipinski definition) is 3. The van der Waals surface area contributed by atoms with Crippen LogP contribution < -0.4 is 14.8 Å². The van der Waals surface area contributed by atoms with E-state index in [4.69, 9.17) is 9.47 Å². The van der Waals surface area contributed by atoms with Crippen LogP contribution in [0.1, 0.15) is 16.7 Å². The number of methoxy groups -OCH3 is 1. The molecule has 0 atom stereocenters. The molecular formula is C19H21NO3. The molecule has 0 bridgehead atoms. The fourth-order valence-corrected chi connectivity index (χ4v) is 2.73. The van der Waals surface area contributed by atoms with Crippen molar-refractivity contribution in [3.63, 3.8) is 0 Å². The van der Waals surface area contributed by atoms with Crippen LogP contribution in [-0.2, 0) is 24.1 Å². The first-order valence-corrected chi connectivity index (χ1v) is 7.89. The SMILES string of the molecule is COc1ccc(CC(=O)NCCc2ccc3c(c2)CCO3)cc1. The summed E-state index contributed by atoms with van der Waals surface area (Å²) in [5, 5.41) is 2.97. The molecule has 1 aliphatic rings. The maximum atomic E-state index is 12.0. The zero-order valence-electron chi connectivity index (χ0n) is 13.3. The fourth-order valence-electron chi connectivity index (χ4n) is 2.73. The predicted molar refractivity (Wildman–Crippen MR) is 89.1 cm³/mol. The van der Waals surface area contributed by atoms with E-state index in [-0.39, 0.29) is 5.91 Å². The van der Waals surface area contributed by atoms with Gasteiger partial charge in [-0.15, -0.1) is 0 Å². The quantitative estimate of drug-likeness (QED) is 0.892. The lowest BCUT2D eigenvalue weighted by Crippen LogP contribution is -2.27. The van der Waals surface area contributed by atoms with Gasteiger partial charge in [-0.3, -0.25) is 4.79 Å². The summed E-state index contributed by atoms with van der Waals surface area (Å²) in [4.78, 5) is 12.0. The minimum atomic E-state index is 0.0414. The third-order valence-electron chi connectivity index (χ3n) is 4.01. The summed E-state index contributed by atoms with van der Waals surface area (Å²) in [5.41, 5.74) is 3.49. The van der Waals surface area contributed by atoms with E-state index >= 15 is 0 Å². The van der Waals surface area contributed by atoms with Crippen LogP contribution in [0.4, 0.5) is 0 Å². The summed E-state index contributed by atoms with van der Waals surface area (Å²) in [6, 6.07) is 13.8. The van der Waals surface area contributed by atoms with Crippen molar-refractivity contribution in [2.75, 3.05) is 20.3 Å². The smallest absolute Gasteiger partial charge is 0.224 e. The Morgan fingerprint density at radius 2 is 1.96 bits per heavy atom. The molecule has 1 heterocycles. The summed E-state index contributed by atoms with van der Waals surface area (Å²) in [6.07, 6.45) is 2.21. The zero-order valence-corrected chi connectivity index (χ0v) is 13.3. The van der Waals surface area contributed by atoms with Crippen LogP contribution in [0.3, 0.4) is 0 Å². The minimum Gasteiger partial charge on any atom is -0.497 e. The van der Waals surface area contributed by atoms with E-state index in [1.54, 1.807) is 7.11 Å². The Bertz CT molecular complexity index is 680. The van der Waals surface area contributed by atoms with E-state index in [9.17, 15) is 4.79 Å². The maximum Gasteiger partial charge on any atom is 0.224 e. The Kier molecular flexibility index (Phi) is 4.81. The third kappa shape index (κ3) is 4.03. The molecule has 1 aliphatic heterocycles. The lowest BCUT2D eigenvalue weighted by atomic mass is 10.1. The Morgan fingerprint density at radius 3 is 2.74 bits per heavy atom. The van der Waals surface area contributed by atoms with Gasteiger partial charge in [-0.1, -0.05) is 24.3 Å². The van der Waals surface area contributed by atoms with E-state index < -0.39 is 0 Å². The zero-order chi connectivity index (χ0) is 16.1. The van der Waals surface area contributed by atoms with Gasteiger partial charge in [0.05, 0.1) is 20.1 Å². The predicted octanol–water partition coefficient (Wildman–Crippen LogP) is 2.53. The Labute approximate surface area is 136 Å². The Morgan fingerprint density at radius 1 is 1.17 bits per heavy atom. The molecule has 0 unspecified atom stereocenters. The molecule has 0 fully saturated rings. The van der Waals surface area contributed by atoms with E-state index in [0.29, 0.717) is 13.0 Å². The molecule has 1 N–H and O–H groups in total. The molecule has 2 aromatic rings. The van der Waals surface area contributed by atoms with Gasteiger partial charge in [0, 0.05) is 13.0 Å². The number of ether oxygens (including phenoxy) is 2. The van der Waals surface area contributed by atoms with Crippen LogP contribution in [0.15, 0.2) is 42.5 Å². The molecule has 3 rings (SSSR count). The highest BCUT2D eigenvalue weighted by molar-refractivity contribution is 5.78. The summed E-state index contributed by atoms with van der Waals surface area (Å²) in [6.45, 7) is 1.42. The highest BCUT2D eigenvalue weighted by Crippen LogP contribution is 2.25. The van der Waals surface area contributed by atoms with E-state index in [0.717, 1.165) is 36.5 Å². The molecule has 0 saturated heterocycles. The number of benzene rings is 2. The molecule has 2 aromatic carbocycles. The summed E-state index contributed by atoms with van der Waals surface area (Å²) >= 11 is 0. The van der Waals surface area contributed by atoms with Gasteiger partial charge in [0.15, 0.2) is 0 Å². The van der Waals surface area contributed by atoms with Crippen LogP contribution in [-0.4, -0.2) is 26.2 Å². The molecular weight excluding hydrogens is 290 g/mol. The lowest BCUT2D eigenvalue weighted by molar-refractivity contribution is -0.120. The highest BCUT2D eigenvalue weighted by Gasteiger charge is 2.12. The van der Waals surface area contributed by atoms with Crippen molar-refractivity contribution in [2.24, 2.45) is 0 Å². The summed E-state index contributed by atoms with van der Waals surface area (Å²) in [5.74, 6) is 1.84. The molecule has 1 amide bonds. The second kappa shape index (κ2) is 7.18. The third-order valence-corrected chi connectivity index (χ3v) is 4.01. The van der Waals surface area contributed by atoms with Crippen LogP contribution in [0.5, 0.6) is 11.5 Å². The number of hydrogen-bond donors (Lipinski definition) is 1. The van der Waals surface area contributed by atoms with Gasteiger partial charge in [0.1, 0.15) is 11.5 Å². The van der Waals surface area contributed by atoms with Crippen LogP contribution >= 0.6 is 0 Å². The van der Waals surface area contributed by atoms with Gasteiger partial charge in [0.2, 0.25) is 5.91 Å². The maximum absolute atomic E-state index is 12.0. The molecule has 23 heavy (non-hydrogen) atoms. The van der Waals surface area contributed by atoms with Gasteiger partial charge in [-0.2, -0.15) is 0 Å². The van der Waals surface area contributed by atoms with Crippen molar-refractivity contribution >= 4 is 5.91 Å². The monoisotopic (exact) mass is 311 g/mol. The molecule has 0 radical (unpaired) electrons. The normalized spacial score (nSPS) is 12.4. The van der Waals surface area contributed by atoms with Crippen LogP contribution in [0.25, 0.3) is 0 Å². The van der Waals surface area contributed by atoms with Gasteiger partial charge in [0.25, 0.3) is 0 Å². The second-order valence-electron chi connectivity index (χ2n) is 5.67. The average molecular weight is 311 g/mol. The van der Waals surface area contributed by atoms with Crippen LogP contribution in [0.2, 0.25) is 0 Å². The number of carbonyl (C=O) groups excluding carboxylic acids is 1. The van der Waals surface area contributed by atoms with Gasteiger partial charge < -0.3 is 14.8 Å². The number of rotatable bonds is 6. The molecule has 0 spiro atoms. The van der Waals surface area contributed by atoms with E-state index in [2.05, 4.69) is 17.4 Å². The van der Waals surface area contributed by atoms with Gasteiger partial charge in [-0.05, 0) is 41.3 Å². The highest BCUT2D eigenvalue weighted by atomic mass is 16.5. The summed E-state index contributed by atoms with van der Waals surface area (Å²) < 4.78 is 10.6. The topological polar surface area (TPSA) is 47.6 Å². The summed E-state index contributed by atoms with van der Waals surface area (Å²) in [7, 11) is 1.63. The minimum absolute atomic E-state index is 0.0414. The molecule has 0 aromatic heterocycles. The lowest BCUT2D eigenvalue weighted by Gasteiger charge is -2.07. The first kappa shape index (κ1) is 15.4. The first-order valence-electron chi connectivity index (χ1n) is 7.89. The molecule has 0 aliphatic carbocycles. The number of amides is 1. The largest absolute Gasteiger partial charge is 0.497 e. The Hall–Kier alpha value is -2.49. The first-order chi connectivity index (χ1) is 11.2. The second-order valence-corrected chi connectivity index (χ2v) is 5.67. The van der Waals surface area contributed by atoms with Crippen molar-refractivity contribution in [2.45, 2.75) is 19.3 Å². The van der Waals surface area contributed by atoms with Gasteiger partial charge in [-0.25, -0.2) is 0 Å². The fraction of sp³-hybridized carbons (Fsp3) is 0.316. The van der Waals surface area contributed by atoms with Crippen molar-refractivity contribution in [3.8, 4) is 11.5 Å². The van der Waals surface area contributed by atoms with E-state index in [1.807, 2.05) is 30.3 Å². The average Bonchev–Trinajstić information content (AvgIpc) is 3.03. The Balaban J connectivity index is 1.45. The van der Waals surface area contributed by atoms with Crippen molar-refractivity contribution in [1.82, 2.24) is 5.32 Å². The standard InChI is InChI=1S/C19H21NO3/c1-22-17-5-2-14(3-6-17)13-19(21)20-10-8-15-4-7-18-16(12-15)9-11-23-18/h2-7,12H,8-11,13H2,1H3,(H,20,21). The molecule has 0 saturated carbocycles. The number of carbonyl (C=O) groups is 1. The van der Waals surface area contributed by atoms with Crippen molar-refractivity contribution in [3.05, 3.63) is 59.2 Å². The van der Waals surface area contributed by atoms with E-state index in [1.165, 1.54) is 11.1 Å². The van der Waals surface area contributed by atoms with Crippen molar-refractivity contribution < 1.29 is 14.3 Å². The number of nitrogens with one attached hydrogen (secondary N) is 1. The molecule has 4 heteroatoms. The molecule has 4 nitrogen and oxygen atoms in total.